The molecular formula is C20H26N4O2. The van der Waals surface area contributed by atoms with E-state index < -0.39 is 11.7 Å². The zero-order chi connectivity index (χ0) is 18.6. The van der Waals surface area contributed by atoms with Gasteiger partial charge in [-0.1, -0.05) is 18.2 Å². The van der Waals surface area contributed by atoms with Gasteiger partial charge < -0.3 is 14.5 Å². The molecule has 3 rings (SSSR count). The fourth-order valence-electron chi connectivity index (χ4n) is 2.90. The van der Waals surface area contributed by atoms with Gasteiger partial charge in [0.25, 0.3) is 0 Å². The second kappa shape index (κ2) is 7.64. The van der Waals surface area contributed by atoms with Gasteiger partial charge >= 0.3 is 6.09 Å². The molecule has 0 bridgehead atoms. The van der Waals surface area contributed by atoms with Gasteiger partial charge in [-0.05, 0) is 45.0 Å². The summed E-state index contributed by atoms with van der Waals surface area (Å²) in [4.78, 5) is 20.9. The molecule has 1 saturated heterocycles. The van der Waals surface area contributed by atoms with Crippen LogP contribution in [-0.4, -0.2) is 42.9 Å². The van der Waals surface area contributed by atoms with Crippen molar-refractivity contribution >= 4 is 23.3 Å². The lowest BCUT2D eigenvalue weighted by molar-refractivity contribution is 0.0636. The highest BCUT2D eigenvalue weighted by atomic mass is 16.6. The van der Waals surface area contributed by atoms with E-state index in [0.717, 1.165) is 32.0 Å². The lowest BCUT2D eigenvalue weighted by Gasteiger charge is -2.36. The molecule has 1 amide bonds. The molecule has 0 atom stereocenters. The smallest absolute Gasteiger partial charge is 0.412 e. The molecule has 6 heteroatoms. The Morgan fingerprint density at radius 1 is 1.00 bits per heavy atom. The van der Waals surface area contributed by atoms with Crippen molar-refractivity contribution in [3.8, 4) is 0 Å². The van der Waals surface area contributed by atoms with Crippen LogP contribution < -0.4 is 15.1 Å². The molecule has 1 aliphatic heterocycles. The van der Waals surface area contributed by atoms with E-state index >= 15 is 0 Å². The maximum atomic E-state index is 11.8. The number of hydrogen-bond acceptors (Lipinski definition) is 5. The normalized spacial score (nSPS) is 14.9. The molecule has 2 aromatic rings. The maximum Gasteiger partial charge on any atom is 0.412 e. The molecule has 1 fully saturated rings. The van der Waals surface area contributed by atoms with Crippen LogP contribution in [0.5, 0.6) is 0 Å². The van der Waals surface area contributed by atoms with E-state index in [0.29, 0.717) is 5.69 Å². The summed E-state index contributed by atoms with van der Waals surface area (Å²) in [5, 5.41) is 2.71. The molecule has 0 radical (unpaired) electrons. The van der Waals surface area contributed by atoms with E-state index in [9.17, 15) is 4.79 Å². The van der Waals surface area contributed by atoms with Crippen molar-refractivity contribution in [1.29, 1.82) is 0 Å². The lowest BCUT2D eigenvalue weighted by atomic mass is 10.2. The monoisotopic (exact) mass is 354 g/mol. The molecule has 2 heterocycles. The second-order valence-corrected chi connectivity index (χ2v) is 7.34. The molecule has 1 N–H and O–H groups in total. The zero-order valence-electron chi connectivity index (χ0n) is 15.6. The number of carbonyl (C=O) groups excluding carboxylic acids is 1. The number of para-hydroxylation sites is 1. The third-order valence-corrected chi connectivity index (χ3v) is 4.12. The Morgan fingerprint density at radius 3 is 2.23 bits per heavy atom. The number of nitrogens with one attached hydrogen (secondary N) is 1. The molecule has 1 aliphatic rings. The summed E-state index contributed by atoms with van der Waals surface area (Å²) in [6.45, 7) is 9.27. The van der Waals surface area contributed by atoms with Crippen LogP contribution >= 0.6 is 0 Å². The first-order valence-electron chi connectivity index (χ1n) is 8.92. The quantitative estimate of drug-likeness (QED) is 0.910. The first-order chi connectivity index (χ1) is 12.4. The van der Waals surface area contributed by atoms with Crippen LogP contribution in [0.4, 0.5) is 22.0 Å². The standard InChI is InChI=1S/C20H26N4O2/c1-20(2,3)26-19(25)22-16-9-10-18(21-15-16)24-13-11-23(12-14-24)17-7-5-4-6-8-17/h4-10,15H,11-14H2,1-3H3,(H,22,25). The number of anilines is 3. The highest BCUT2D eigenvalue weighted by molar-refractivity contribution is 5.84. The van der Waals surface area contributed by atoms with Crippen molar-refractivity contribution in [3.63, 3.8) is 0 Å². The summed E-state index contributed by atoms with van der Waals surface area (Å²) in [6.07, 6.45) is 1.20. The van der Waals surface area contributed by atoms with Crippen molar-refractivity contribution in [2.75, 3.05) is 41.3 Å². The van der Waals surface area contributed by atoms with Crippen LogP contribution in [-0.2, 0) is 4.74 Å². The summed E-state index contributed by atoms with van der Waals surface area (Å²) < 4.78 is 5.25. The van der Waals surface area contributed by atoms with Gasteiger partial charge in [0.1, 0.15) is 11.4 Å². The van der Waals surface area contributed by atoms with Gasteiger partial charge in [-0.3, -0.25) is 5.32 Å². The van der Waals surface area contributed by atoms with Gasteiger partial charge in [0.05, 0.1) is 11.9 Å². The van der Waals surface area contributed by atoms with Crippen molar-refractivity contribution in [1.82, 2.24) is 4.98 Å². The number of carbonyl (C=O) groups is 1. The number of hydrogen-bond donors (Lipinski definition) is 1. The van der Waals surface area contributed by atoms with E-state index in [1.165, 1.54) is 5.69 Å². The molecule has 0 unspecified atom stereocenters. The van der Waals surface area contributed by atoms with Crippen LogP contribution in [0.3, 0.4) is 0 Å². The Morgan fingerprint density at radius 2 is 1.65 bits per heavy atom. The molecule has 0 aliphatic carbocycles. The fraction of sp³-hybridized carbons (Fsp3) is 0.400. The van der Waals surface area contributed by atoms with E-state index in [2.05, 4.69) is 44.4 Å². The summed E-state index contributed by atoms with van der Waals surface area (Å²) in [5.74, 6) is 0.924. The van der Waals surface area contributed by atoms with Crippen molar-refractivity contribution in [2.24, 2.45) is 0 Å². The van der Waals surface area contributed by atoms with Crippen LogP contribution in [0.25, 0.3) is 0 Å². The predicted molar refractivity (Wildman–Crippen MR) is 105 cm³/mol. The Kier molecular flexibility index (Phi) is 5.30. The van der Waals surface area contributed by atoms with Gasteiger partial charge in [0.2, 0.25) is 0 Å². The van der Waals surface area contributed by atoms with Gasteiger partial charge in [-0.15, -0.1) is 0 Å². The minimum atomic E-state index is -0.518. The number of amides is 1. The molecule has 0 spiro atoms. The molecule has 1 aromatic carbocycles. The average molecular weight is 354 g/mol. The number of rotatable bonds is 3. The van der Waals surface area contributed by atoms with Crippen LogP contribution in [0.2, 0.25) is 0 Å². The SMILES string of the molecule is CC(C)(C)OC(=O)Nc1ccc(N2CCN(c3ccccc3)CC2)nc1. The molecular weight excluding hydrogens is 328 g/mol. The van der Waals surface area contributed by atoms with E-state index in [4.69, 9.17) is 4.74 Å². The number of benzene rings is 1. The lowest BCUT2D eigenvalue weighted by Crippen LogP contribution is -2.46. The van der Waals surface area contributed by atoms with E-state index in [1.807, 2.05) is 39.0 Å². The Labute approximate surface area is 154 Å². The number of ether oxygens (including phenoxy) is 1. The highest BCUT2D eigenvalue weighted by Crippen LogP contribution is 2.20. The predicted octanol–water partition coefficient (Wildman–Crippen LogP) is 3.76. The third kappa shape index (κ3) is 4.88. The third-order valence-electron chi connectivity index (χ3n) is 4.12. The topological polar surface area (TPSA) is 57.7 Å². The number of pyridine rings is 1. The van der Waals surface area contributed by atoms with Crippen LogP contribution in [0.1, 0.15) is 20.8 Å². The highest BCUT2D eigenvalue weighted by Gasteiger charge is 2.19. The second-order valence-electron chi connectivity index (χ2n) is 7.34. The van der Waals surface area contributed by atoms with Crippen molar-refractivity contribution in [3.05, 3.63) is 48.7 Å². The van der Waals surface area contributed by atoms with Crippen LogP contribution in [0, 0.1) is 0 Å². The Bertz CT molecular complexity index is 718. The van der Waals surface area contributed by atoms with E-state index in [-0.39, 0.29) is 0 Å². The minimum Gasteiger partial charge on any atom is -0.444 e. The van der Waals surface area contributed by atoms with Gasteiger partial charge in [0, 0.05) is 31.9 Å². The van der Waals surface area contributed by atoms with Gasteiger partial charge in [-0.25, -0.2) is 9.78 Å². The number of aromatic nitrogens is 1. The summed E-state index contributed by atoms with van der Waals surface area (Å²) in [5.41, 5.74) is 1.37. The average Bonchev–Trinajstić information content (AvgIpc) is 2.62. The van der Waals surface area contributed by atoms with Gasteiger partial charge in [-0.2, -0.15) is 0 Å². The summed E-state index contributed by atoms with van der Waals surface area (Å²) in [7, 11) is 0. The first kappa shape index (κ1) is 18.0. The minimum absolute atomic E-state index is 0.469. The van der Waals surface area contributed by atoms with Gasteiger partial charge in [0.15, 0.2) is 0 Å². The summed E-state index contributed by atoms with van der Waals surface area (Å²) in [6, 6.07) is 14.3. The molecule has 6 nitrogen and oxygen atoms in total. The first-order valence-corrected chi connectivity index (χ1v) is 8.92. The molecule has 138 valence electrons. The van der Waals surface area contributed by atoms with E-state index in [1.54, 1.807) is 6.20 Å². The molecule has 0 saturated carbocycles. The number of piperazine rings is 1. The van der Waals surface area contributed by atoms with Crippen molar-refractivity contribution in [2.45, 2.75) is 26.4 Å². The maximum absolute atomic E-state index is 11.8. The number of nitrogens with zero attached hydrogens (tertiary/aromatic N) is 3. The Balaban J connectivity index is 1.54. The zero-order valence-corrected chi connectivity index (χ0v) is 15.6. The van der Waals surface area contributed by atoms with Crippen LogP contribution in [0.15, 0.2) is 48.7 Å². The van der Waals surface area contributed by atoms with Crippen molar-refractivity contribution < 1.29 is 9.53 Å². The molecule has 26 heavy (non-hydrogen) atoms. The fourth-order valence-corrected chi connectivity index (χ4v) is 2.90. The largest absolute Gasteiger partial charge is 0.444 e. The Hall–Kier alpha value is -2.76. The summed E-state index contributed by atoms with van der Waals surface area (Å²) >= 11 is 0. The molecule has 1 aromatic heterocycles.